The van der Waals surface area contributed by atoms with Gasteiger partial charge in [-0.25, -0.2) is 17.6 Å². The van der Waals surface area contributed by atoms with Crippen molar-refractivity contribution >= 4 is 43.5 Å². The molecule has 0 spiro atoms. The van der Waals surface area contributed by atoms with Gasteiger partial charge in [0.25, 0.3) is 5.91 Å². The van der Waals surface area contributed by atoms with E-state index < -0.39 is 34.3 Å². The number of benzene rings is 2. The number of ether oxygens (including phenoxy) is 1. The summed E-state index contributed by atoms with van der Waals surface area (Å²) in [5.74, 6) is -1.94. The minimum Gasteiger partial charge on any atom is -0.452 e. The smallest absolute Gasteiger partial charge is 0.339 e. The molecule has 0 radical (unpaired) electrons. The molecule has 0 saturated carbocycles. The molecule has 7 nitrogen and oxygen atoms in total. The van der Waals surface area contributed by atoms with Gasteiger partial charge < -0.3 is 10.1 Å². The second-order valence-corrected chi connectivity index (χ2v) is 9.18. The molecule has 1 aliphatic heterocycles. The van der Waals surface area contributed by atoms with Crippen molar-refractivity contribution in [3.05, 3.63) is 58.3 Å². The quantitative estimate of drug-likeness (QED) is 0.635. The molecule has 1 aliphatic rings. The highest BCUT2D eigenvalue weighted by molar-refractivity contribution is 9.10. The van der Waals surface area contributed by atoms with Gasteiger partial charge in [-0.2, -0.15) is 4.31 Å². The number of amides is 1. The molecule has 0 unspecified atom stereocenters. The van der Waals surface area contributed by atoms with Gasteiger partial charge in [0.15, 0.2) is 6.61 Å². The molecular weight excluding hydrogens is 467 g/mol. The maximum atomic E-state index is 13.1. The van der Waals surface area contributed by atoms with Crippen LogP contribution in [0.1, 0.15) is 23.2 Å². The molecule has 0 atom stereocenters. The maximum Gasteiger partial charge on any atom is 0.339 e. The van der Waals surface area contributed by atoms with E-state index in [0.29, 0.717) is 13.1 Å². The first kappa shape index (κ1) is 21.4. The van der Waals surface area contributed by atoms with E-state index in [1.807, 2.05) is 0 Å². The van der Waals surface area contributed by atoms with Crippen LogP contribution < -0.4 is 5.32 Å². The Morgan fingerprint density at radius 2 is 1.86 bits per heavy atom. The molecule has 1 fully saturated rings. The third kappa shape index (κ3) is 5.20. The lowest BCUT2D eigenvalue weighted by molar-refractivity contribution is -0.119. The number of rotatable bonds is 6. The number of anilines is 1. The van der Waals surface area contributed by atoms with Crippen LogP contribution in [0.25, 0.3) is 0 Å². The molecule has 29 heavy (non-hydrogen) atoms. The average Bonchev–Trinajstić information content (AvgIpc) is 3.22. The zero-order valence-electron chi connectivity index (χ0n) is 15.2. The number of carbonyl (C=O) groups is 2. The Labute approximate surface area is 176 Å². The topological polar surface area (TPSA) is 92.8 Å². The molecule has 10 heteroatoms. The largest absolute Gasteiger partial charge is 0.452 e. The Hall–Kier alpha value is -2.30. The van der Waals surface area contributed by atoms with Crippen LogP contribution in [0, 0.1) is 5.82 Å². The van der Waals surface area contributed by atoms with Gasteiger partial charge in [0.05, 0.1) is 10.5 Å². The molecular formula is C19H18BrFN2O5S. The van der Waals surface area contributed by atoms with Crippen molar-refractivity contribution in [2.24, 2.45) is 0 Å². The van der Waals surface area contributed by atoms with Gasteiger partial charge in [-0.05, 0) is 65.2 Å². The third-order valence-electron chi connectivity index (χ3n) is 4.31. The molecule has 2 aromatic rings. The monoisotopic (exact) mass is 484 g/mol. The average molecular weight is 485 g/mol. The fourth-order valence-corrected chi connectivity index (χ4v) is 4.95. The zero-order valence-corrected chi connectivity index (χ0v) is 17.6. The molecule has 0 aromatic heterocycles. The second kappa shape index (κ2) is 9.02. The van der Waals surface area contributed by atoms with Crippen molar-refractivity contribution in [1.82, 2.24) is 4.31 Å². The van der Waals surface area contributed by atoms with E-state index in [0.717, 1.165) is 25.0 Å². The van der Waals surface area contributed by atoms with Crippen LogP contribution in [0.15, 0.2) is 51.8 Å². The summed E-state index contributed by atoms with van der Waals surface area (Å²) in [5, 5.41) is 2.50. The molecule has 1 heterocycles. The lowest BCUT2D eigenvalue weighted by atomic mass is 10.2. The molecule has 0 bridgehead atoms. The highest BCUT2D eigenvalue weighted by atomic mass is 79.9. The number of nitrogens with zero attached hydrogens (tertiary/aromatic N) is 1. The number of esters is 1. The van der Waals surface area contributed by atoms with E-state index in [9.17, 15) is 22.4 Å². The van der Waals surface area contributed by atoms with Crippen molar-refractivity contribution in [2.75, 3.05) is 25.0 Å². The molecule has 1 saturated heterocycles. The van der Waals surface area contributed by atoms with Crippen LogP contribution in [0.2, 0.25) is 0 Å². The van der Waals surface area contributed by atoms with Gasteiger partial charge in [0.2, 0.25) is 10.0 Å². The number of sulfonamides is 1. The van der Waals surface area contributed by atoms with Gasteiger partial charge in [-0.1, -0.05) is 6.07 Å². The van der Waals surface area contributed by atoms with E-state index in [2.05, 4.69) is 21.2 Å². The second-order valence-electron chi connectivity index (χ2n) is 6.39. The summed E-state index contributed by atoms with van der Waals surface area (Å²) in [7, 11) is -3.61. The van der Waals surface area contributed by atoms with Crippen molar-refractivity contribution in [2.45, 2.75) is 17.7 Å². The zero-order chi connectivity index (χ0) is 21.0. The molecule has 154 valence electrons. The van der Waals surface area contributed by atoms with Crippen LogP contribution in [0.3, 0.4) is 0 Å². The summed E-state index contributed by atoms with van der Waals surface area (Å²) in [5.41, 5.74) is 0.354. The van der Waals surface area contributed by atoms with Crippen LogP contribution in [0.5, 0.6) is 0 Å². The van der Waals surface area contributed by atoms with E-state index in [1.54, 1.807) is 6.07 Å². The van der Waals surface area contributed by atoms with Crippen LogP contribution in [0.4, 0.5) is 10.1 Å². The number of hydrogen-bond acceptors (Lipinski definition) is 5. The minimum absolute atomic E-state index is 0.0814. The van der Waals surface area contributed by atoms with Gasteiger partial charge >= 0.3 is 5.97 Å². The lowest BCUT2D eigenvalue weighted by Crippen LogP contribution is -2.28. The van der Waals surface area contributed by atoms with E-state index >= 15 is 0 Å². The number of halogens is 2. The van der Waals surface area contributed by atoms with Crippen molar-refractivity contribution < 1.29 is 27.1 Å². The predicted molar refractivity (Wildman–Crippen MR) is 107 cm³/mol. The van der Waals surface area contributed by atoms with Crippen LogP contribution in [-0.2, 0) is 19.6 Å². The maximum absolute atomic E-state index is 13.1. The van der Waals surface area contributed by atoms with Crippen molar-refractivity contribution in [3.8, 4) is 0 Å². The Kier molecular flexibility index (Phi) is 6.66. The highest BCUT2D eigenvalue weighted by Gasteiger charge is 2.27. The Morgan fingerprint density at radius 1 is 1.14 bits per heavy atom. The van der Waals surface area contributed by atoms with Gasteiger partial charge in [0, 0.05) is 23.2 Å². The van der Waals surface area contributed by atoms with E-state index in [1.165, 1.54) is 28.6 Å². The number of hydrogen-bond donors (Lipinski definition) is 1. The van der Waals surface area contributed by atoms with Crippen molar-refractivity contribution in [3.63, 3.8) is 0 Å². The summed E-state index contributed by atoms with van der Waals surface area (Å²) in [4.78, 5) is 24.2. The molecule has 1 N–H and O–H groups in total. The standard InChI is InChI=1S/C19H18BrFN2O5S/c20-17-10-13(21)6-7-16(17)19(25)28-12-18(24)22-14-4-3-5-15(11-14)29(26,27)23-8-1-2-9-23/h3-7,10-11H,1-2,8-9,12H2,(H,22,24). The number of carbonyl (C=O) groups excluding carboxylic acids is 2. The molecule has 3 rings (SSSR count). The summed E-state index contributed by atoms with van der Waals surface area (Å²) in [6, 6.07) is 9.36. The van der Waals surface area contributed by atoms with Gasteiger partial charge in [0.1, 0.15) is 5.82 Å². The van der Waals surface area contributed by atoms with Gasteiger partial charge in [-0.3, -0.25) is 4.79 Å². The summed E-state index contributed by atoms with van der Waals surface area (Å²) < 4.78 is 44.9. The fraction of sp³-hybridized carbons (Fsp3) is 0.263. The predicted octanol–water partition coefficient (Wildman–Crippen LogP) is 3.17. The molecule has 2 aromatic carbocycles. The number of nitrogens with one attached hydrogen (secondary N) is 1. The van der Waals surface area contributed by atoms with Crippen LogP contribution in [-0.4, -0.2) is 44.3 Å². The van der Waals surface area contributed by atoms with Crippen molar-refractivity contribution in [1.29, 1.82) is 0 Å². The van der Waals surface area contributed by atoms with Gasteiger partial charge in [-0.15, -0.1) is 0 Å². The Balaban J connectivity index is 1.61. The lowest BCUT2D eigenvalue weighted by Gasteiger charge is -2.16. The third-order valence-corrected chi connectivity index (χ3v) is 6.86. The first-order valence-corrected chi connectivity index (χ1v) is 11.0. The Bertz CT molecular complexity index is 1040. The highest BCUT2D eigenvalue weighted by Crippen LogP contribution is 2.23. The van der Waals surface area contributed by atoms with Crippen LogP contribution >= 0.6 is 15.9 Å². The minimum atomic E-state index is -3.61. The van der Waals surface area contributed by atoms with E-state index in [4.69, 9.17) is 4.74 Å². The fourth-order valence-electron chi connectivity index (χ4n) is 2.87. The molecule has 1 amide bonds. The Morgan fingerprint density at radius 3 is 2.55 bits per heavy atom. The van der Waals surface area contributed by atoms with E-state index in [-0.39, 0.29) is 20.6 Å². The molecule has 0 aliphatic carbocycles. The normalized spacial score (nSPS) is 14.6. The SMILES string of the molecule is O=C(COC(=O)c1ccc(F)cc1Br)Nc1cccc(S(=O)(=O)N2CCCC2)c1. The first-order chi connectivity index (χ1) is 13.8. The first-order valence-electron chi connectivity index (χ1n) is 8.79. The summed E-state index contributed by atoms with van der Waals surface area (Å²) in [6.07, 6.45) is 1.65. The summed E-state index contributed by atoms with van der Waals surface area (Å²) in [6.45, 7) is 0.382. The summed E-state index contributed by atoms with van der Waals surface area (Å²) >= 11 is 3.06.